The lowest BCUT2D eigenvalue weighted by Crippen LogP contribution is -2.25. The number of benzene rings is 2. The number of hydrogen-bond donors (Lipinski definition) is 2. The van der Waals surface area contributed by atoms with Crippen LogP contribution in [0.4, 0.5) is 11.4 Å². The molecule has 0 aliphatic rings. The molecular formula is C36H54N6. The molecule has 4 aromatic rings. The third-order valence-electron chi connectivity index (χ3n) is 8.82. The summed E-state index contributed by atoms with van der Waals surface area (Å²) < 4.78 is 0. The van der Waals surface area contributed by atoms with Crippen LogP contribution in [0.2, 0.25) is 0 Å². The second kappa shape index (κ2) is 15.0. The number of rotatable bonds is 16. The fourth-order valence-corrected chi connectivity index (χ4v) is 6.28. The third-order valence-corrected chi connectivity index (χ3v) is 8.82. The molecule has 0 saturated carbocycles. The van der Waals surface area contributed by atoms with Gasteiger partial charge in [0.1, 0.15) is 0 Å². The maximum atomic E-state index is 5.05. The largest absolute Gasteiger partial charge is 0.382 e. The molecule has 0 bridgehead atoms. The zero-order valence-electron chi connectivity index (χ0n) is 27.5. The Morgan fingerprint density at radius 3 is 1.31 bits per heavy atom. The van der Waals surface area contributed by atoms with E-state index in [1.807, 2.05) is 0 Å². The van der Waals surface area contributed by atoms with Crippen molar-refractivity contribution in [1.29, 1.82) is 0 Å². The van der Waals surface area contributed by atoms with Crippen LogP contribution in [0.1, 0.15) is 78.6 Å². The SMILES string of the molecule is CCN(CC)CCCC(C)Nc1cc(C)nc2c1ccc1c2ccc2c(NC(C)CCCN(CC)CC)cc(C)nc21. The van der Waals surface area contributed by atoms with E-state index >= 15 is 0 Å². The lowest BCUT2D eigenvalue weighted by atomic mass is 10.00. The summed E-state index contributed by atoms with van der Waals surface area (Å²) in [6, 6.07) is 14.1. The Labute approximate surface area is 254 Å². The molecule has 0 aliphatic heterocycles. The summed E-state index contributed by atoms with van der Waals surface area (Å²) in [6.07, 6.45) is 4.68. The lowest BCUT2D eigenvalue weighted by molar-refractivity contribution is 0.295. The Morgan fingerprint density at radius 1 is 0.595 bits per heavy atom. The van der Waals surface area contributed by atoms with Crippen LogP contribution < -0.4 is 10.6 Å². The maximum Gasteiger partial charge on any atom is 0.0805 e. The number of anilines is 2. The highest BCUT2D eigenvalue weighted by Crippen LogP contribution is 2.36. The Balaban J connectivity index is 1.60. The highest BCUT2D eigenvalue weighted by Gasteiger charge is 2.15. The number of pyridine rings is 2. The molecule has 0 radical (unpaired) electrons. The Morgan fingerprint density at radius 2 is 0.952 bits per heavy atom. The van der Waals surface area contributed by atoms with Crippen molar-refractivity contribution in [2.75, 3.05) is 49.9 Å². The second-order valence-corrected chi connectivity index (χ2v) is 12.1. The number of nitrogens with one attached hydrogen (secondary N) is 2. The van der Waals surface area contributed by atoms with E-state index in [0.717, 1.165) is 85.3 Å². The predicted octanol–water partition coefficient (Wildman–Crippen LogP) is 8.40. The molecule has 2 atom stereocenters. The summed E-state index contributed by atoms with van der Waals surface area (Å²) in [5, 5.41) is 12.3. The van der Waals surface area contributed by atoms with E-state index in [4.69, 9.17) is 9.97 Å². The highest BCUT2D eigenvalue weighted by molar-refractivity contribution is 6.18. The molecule has 2 heterocycles. The van der Waals surface area contributed by atoms with Crippen LogP contribution in [-0.2, 0) is 0 Å². The lowest BCUT2D eigenvalue weighted by Gasteiger charge is -2.22. The Bertz CT molecular complexity index is 1350. The zero-order valence-corrected chi connectivity index (χ0v) is 27.5. The van der Waals surface area contributed by atoms with Gasteiger partial charge in [0.15, 0.2) is 0 Å². The molecule has 0 saturated heterocycles. The zero-order chi connectivity index (χ0) is 30.2. The molecule has 0 spiro atoms. The van der Waals surface area contributed by atoms with E-state index in [0.29, 0.717) is 12.1 Å². The van der Waals surface area contributed by atoms with Gasteiger partial charge in [-0.15, -0.1) is 0 Å². The minimum Gasteiger partial charge on any atom is -0.382 e. The summed E-state index contributed by atoms with van der Waals surface area (Å²) in [4.78, 5) is 15.1. The van der Waals surface area contributed by atoms with E-state index in [-0.39, 0.29) is 0 Å². The van der Waals surface area contributed by atoms with Crippen molar-refractivity contribution in [3.63, 3.8) is 0 Å². The monoisotopic (exact) mass is 570 g/mol. The topological polar surface area (TPSA) is 56.3 Å². The molecule has 6 nitrogen and oxygen atoms in total. The van der Waals surface area contributed by atoms with Gasteiger partial charge in [0, 0.05) is 56.4 Å². The smallest absolute Gasteiger partial charge is 0.0805 e. The molecule has 0 amide bonds. The van der Waals surface area contributed by atoms with E-state index in [1.165, 1.54) is 35.0 Å². The highest BCUT2D eigenvalue weighted by atomic mass is 15.1. The van der Waals surface area contributed by atoms with Gasteiger partial charge in [-0.05, 0) is 105 Å². The molecule has 42 heavy (non-hydrogen) atoms. The van der Waals surface area contributed by atoms with Gasteiger partial charge in [0.05, 0.1) is 11.0 Å². The quantitative estimate of drug-likeness (QED) is 0.132. The normalized spacial score (nSPS) is 13.5. The third kappa shape index (κ3) is 7.70. The minimum absolute atomic E-state index is 0.393. The molecule has 0 fully saturated rings. The summed E-state index contributed by atoms with van der Waals surface area (Å²) >= 11 is 0. The second-order valence-electron chi connectivity index (χ2n) is 12.1. The first kappa shape index (κ1) is 32.0. The van der Waals surface area contributed by atoms with Crippen LogP contribution in [0.15, 0.2) is 36.4 Å². The first-order chi connectivity index (χ1) is 20.3. The Kier molecular flexibility index (Phi) is 11.4. The van der Waals surface area contributed by atoms with Crippen molar-refractivity contribution in [1.82, 2.24) is 19.8 Å². The van der Waals surface area contributed by atoms with Gasteiger partial charge in [0.2, 0.25) is 0 Å². The van der Waals surface area contributed by atoms with Gasteiger partial charge in [-0.3, -0.25) is 9.97 Å². The van der Waals surface area contributed by atoms with E-state index in [9.17, 15) is 0 Å². The van der Waals surface area contributed by atoms with Crippen LogP contribution in [0.25, 0.3) is 32.6 Å². The van der Waals surface area contributed by atoms with Crippen LogP contribution >= 0.6 is 0 Å². The van der Waals surface area contributed by atoms with Gasteiger partial charge in [-0.2, -0.15) is 0 Å². The summed E-state index contributed by atoms with van der Waals surface area (Å²) in [5.74, 6) is 0. The maximum absolute atomic E-state index is 5.05. The van der Waals surface area contributed by atoms with Gasteiger partial charge < -0.3 is 20.4 Å². The van der Waals surface area contributed by atoms with Gasteiger partial charge in [0.25, 0.3) is 0 Å². The van der Waals surface area contributed by atoms with Gasteiger partial charge >= 0.3 is 0 Å². The van der Waals surface area contributed by atoms with Crippen molar-refractivity contribution in [2.45, 2.75) is 93.2 Å². The molecule has 2 aromatic heterocycles. The van der Waals surface area contributed by atoms with Crippen molar-refractivity contribution < 1.29 is 0 Å². The molecule has 0 aliphatic carbocycles. The van der Waals surface area contributed by atoms with Crippen LogP contribution in [0.5, 0.6) is 0 Å². The van der Waals surface area contributed by atoms with Crippen molar-refractivity contribution in [3.8, 4) is 0 Å². The molecule has 2 unspecified atom stereocenters. The number of fused-ring (bicyclic) bond motifs is 5. The molecule has 2 aromatic carbocycles. The van der Waals surface area contributed by atoms with Gasteiger partial charge in [-0.25, -0.2) is 0 Å². The molecule has 2 N–H and O–H groups in total. The minimum atomic E-state index is 0.393. The number of hydrogen-bond acceptors (Lipinski definition) is 6. The van der Waals surface area contributed by atoms with E-state index < -0.39 is 0 Å². The van der Waals surface area contributed by atoms with Crippen LogP contribution in [0.3, 0.4) is 0 Å². The van der Waals surface area contributed by atoms with Crippen molar-refractivity contribution in [3.05, 3.63) is 47.8 Å². The fourth-order valence-electron chi connectivity index (χ4n) is 6.28. The first-order valence-electron chi connectivity index (χ1n) is 16.4. The molecule has 6 heteroatoms. The fraction of sp³-hybridized carbons (Fsp3) is 0.556. The van der Waals surface area contributed by atoms with E-state index in [2.05, 4.69) is 112 Å². The number of aryl methyl sites for hydroxylation is 2. The van der Waals surface area contributed by atoms with E-state index in [1.54, 1.807) is 0 Å². The molecular weight excluding hydrogens is 516 g/mol. The average molecular weight is 571 g/mol. The number of nitrogens with zero attached hydrogens (tertiary/aromatic N) is 4. The van der Waals surface area contributed by atoms with Crippen molar-refractivity contribution in [2.24, 2.45) is 0 Å². The molecule has 228 valence electrons. The summed E-state index contributed by atoms with van der Waals surface area (Å²) in [5.41, 5.74) is 6.52. The molecule has 4 rings (SSSR count). The standard InChI is InChI=1S/C36H54N6/c1-9-41(10-2)21-13-15-25(5)37-33-23-27(7)39-35-29-18-20-32-34(38-26(6)16-14-22-42(11-3)12-4)24-28(8)40-36(32)30(29)17-19-31(33)35/h17-20,23-26H,9-16,21-22H2,1-8H3,(H,37,39)(H,38,40). The van der Waals surface area contributed by atoms with Crippen LogP contribution in [-0.4, -0.2) is 71.1 Å². The van der Waals surface area contributed by atoms with Gasteiger partial charge in [-0.1, -0.05) is 52.0 Å². The van der Waals surface area contributed by atoms with Crippen molar-refractivity contribution >= 4 is 44.0 Å². The van der Waals surface area contributed by atoms with Crippen LogP contribution in [0, 0.1) is 13.8 Å². The first-order valence-corrected chi connectivity index (χ1v) is 16.4. The summed E-state index contributed by atoms with van der Waals surface area (Å²) in [6.45, 7) is 24.6. The summed E-state index contributed by atoms with van der Waals surface area (Å²) in [7, 11) is 0. The number of aromatic nitrogens is 2. The predicted molar refractivity (Wildman–Crippen MR) is 184 cm³/mol. The Hall–Kier alpha value is -2.96. The average Bonchev–Trinajstić information content (AvgIpc) is 2.97.